The lowest BCUT2D eigenvalue weighted by atomic mass is 10.1. The van der Waals surface area contributed by atoms with Gasteiger partial charge in [0.15, 0.2) is 0 Å². The molecule has 1 aliphatic heterocycles. The molecular weight excluding hydrogens is 264 g/mol. The fourth-order valence-electron chi connectivity index (χ4n) is 2.05. The van der Waals surface area contributed by atoms with Gasteiger partial charge in [-0.15, -0.1) is 0 Å². The van der Waals surface area contributed by atoms with Crippen LogP contribution in [0.4, 0.5) is 10.5 Å². The number of hydrogen-bond acceptors (Lipinski definition) is 5. The highest BCUT2D eigenvalue weighted by Crippen LogP contribution is 2.21. The molecule has 1 saturated heterocycles. The minimum atomic E-state index is -0.855. The third kappa shape index (κ3) is 3.45. The molecule has 1 atom stereocenters. The second kappa shape index (κ2) is 5.46. The minimum absolute atomic E-state index is 0.00401. The molecule has 7 heteroatoms. The van der Waals surface area contributed by atoms with Crippen LogP contribution >= 0.6 is 0 Å². The maximum absolute atomic E-state index is 11.8. The molecule has 0 saturated carbocycles. The summed E-state index contributed by atoms with van der Waals surface area (Å²) in [5.41, 5.74) is -0.183. The van der Waals surface area contributed by atoms with Crippen molar-refractivity contribution in [2.24, 2.45) is 0 Å². The molecule has 0 radical (unpaired) electrons. The smallest absolute Gasteiger partial charge is 0.410 e. The van der Waals surface area contributed by atoms with E-state index in [1.54, 1.807) is 19.1 Å². The molecule has 20 heavy (non-hydrogen) atoms. The highest BCUT2D eigenvalue weighted by atomic mass is 16.6. The van der Waals surface area contributed by atoms with Crippen molar-refractivity contribution in [3.05, 3.63) is 39.9 Å². The number of likely N-dealkylation sites (tertiary alicyclic amines) is 1. The zero-order valence-electron chi connectivity index (χ0n) is 11.1. The monoisotopic (exact) mass is 280 g/mol. The zero-order chi connectivity index (χ0) is 14.8. The number of carbonyl (C=O) groups is 1. The number of benzene rings is 1. The van der Waals surface area contributed by atoms with Crippen LogP contribution in [-0.2, 0) is 11.3 Å². The predicted molar refractivity (Wildman–Crippen MR) is 70.1 cm³/mol. The first-order chi connectivity index (χ1) is 9.37. The summed E-state index contributed by atoms with van der Waals surface area (Å²) in [5, 5.41) is 20.3. The number of carbonyl (C=O) groups excluding carboxylic acids is 1. The molecule has 2 rings (SSSR count). The Morgan fingerprint density at radius 3 is 2.65 bits per heavy atom. The van der Waals surface area contributed by atoms with E-state index < -0.39 is 16.6 Å². The van der Waals surface area contributed by atoms with Crippen LogP contribution in [0.5, 0.6) is 0 Å². The SMILES string of the molecule is C[C@@]1(O)CCN(C(=O)OCc2ccc([N+](=O)[O-])cc2)C1. The van der Waals surface area contributed by atoms with Crippen LogP contribution in [0.25, 0.3) is 0 Å². The summed E-state index contributed by atoms with van der Waals surface area (Å²) in [7, 11) is 0. The summed E-state index contributed by atoms with van der Waals surface area (Å²) in [6.45, 7) is 2.45. The van der Waals surface area contributed by atoms with Gasteiger partial charge in [0.1, 0.15) is 6.61 Å². The lowest BCUT2D eigenvalue weighted by Gasteiger charge is -2.18. The van der Waals surface area contributed by atoms with Gasteiger partial charge in [0.05, 0.1) is 17.1 Å². The Hall–Kier alpha value is -2.15. The van der Waals surface area contributed by atoms with Gasteiger partial charge >= 0.3 is 6.09 Å². The van der Waals surface area contributed by atoms with Crippen molar-refractivity contribution < 1.29 is 19.6 Å². The summed E-state index contributed by atoms with van der Waals surface area (Å²) in [6, 6.07) is 5.82. The maximum Gasteiger partial charge on any atom is 0.410 e. The van der Waals surface area contributed by atoms with Crippen molar-refractivity contribution in [3.63, 3.8) is 0 Å². The van der Waals surface area contributed by atoms with E-state index >= 15 is 0 Å². The van der Waals surface area contributed by atoms with Crippen LogP contribution < -0.4 is 0 Å². The van der Waals surface area contributed by atoms with E-state index in [1.165, 1.54) is 17.0 Å². The number of β-amino-alcohol motifs (C(OH)–C–C–N with tert-alkyl or cyclic N) is 1. The van der Waals surface area contributed by atoms with Gasteiger partial charge in [0, 0.05) is 18.7 Å². The number of non-ortho nitro benzene ring substituents is 1. The van der Waals surface area contributed by atoms with Crippen LogP contribution in [0.1, 0.15) is 18.9 Å². The Balaban J connectivity index is 1.86. The molecule has 0 spiro atoms. The number of amides is 1. The van der Waals surface area contributed by atoms with Crippen molar-refractivity contribution >= 4 is 11.8 Å². The molecule has 1 N–H and O–H groups in total. The quantitative estimate of drug-likeness (QED) is 0.671. The van der Waals surface area contributed by atoms with Gasteiger partial charge in [0.25, 0.3) is 5.69 Å². The summed E-state index contributed by atoms with van der Waals surface area (Å²) in [6.07, 6.45) is 0.0423. The summed E-state index contributed by atoms with van der Waals surface area (Å²) in [5.74, 6) is 0. The first kappa shape index (κ1) is 14.3. The molecular formula is C13H16N2O5. The first-order valence-corrected chi connectivity index (χ1v) is 6.25. The van der Waals surface area contributed by atoms with Gasteiger partial charge in [-0.05, 0) is 31.0 Å². The number of ether oxygens (including phenoxy) is 1. The molecule has 1 aromatic rings. The zero-order valence-corrected chi connectivity index (χ0v) is 11.1. The van der Waals surface area contributed by atoms with Crippen molar-refractivity contribution in [2.75, 3.05) is 13.1 Å². The largest absolute Gasteiger partial charge is 0.445 e. The lowest BCUT2D eigenvalue weighted by molar-refractivity contribution is -0.384. The summed E-state index contributed by atoms with van der Waals surface area (Å²) in [4.78, 5) is 23.2. The molecule has 1 aromatic carbocycles. The first-order valence-electron chi connectivity index (χ1n) is 6.25. The van der Waals surface area contributed by atoms with Gasteiger partial charge in [-0.1, -0.05) is 0 Å². The lowest BCUT2D eigenvalue weighted by Crippen LogP contribution is -2.34. The fraction of sp³-hybridized carbons (Fsp3) is 0.462. The van der Waals surface area contributed by atoms with Gasteiger partial charge in [-0.2, -0.15) is 0 Å². The van der Waals surface area contributed by atoms with Crippen LogP contribution in [-0.4, -0.2) is 39.7 Å². The number of rotatable bonds is 3. The average molecular weight is 280 g/mol. The van der Waals surface area contributed by atoms with E-state index in [0.717, 1.165) is 0 Å². The molecule has 1 heterocycles. The van der Waals surface area contributed by atoms with Gasteiger partial charge in [-0.3, -0.25) is 10.1 Å². The third-order valence-electron chi connectivity index (χ3n) is 3.22. The number of nitrogens with zero attached hydrogens (tertiary/aromatic N) is 2. The second-order valence-electron chi connectivity index (χ2n) is 5.15. The van der Waals surface area contributed by atoms with Crippen molar-refractivity contribution in [1.29, 1.82) is 0 Å². The highest BCUT2D eigenvalue weighted by Gasteiger charge is 2.34. The molecule has 7 nitrogen and oxygen atoms in total. The number of aliphatic hydroxyl groups is 1. The second-order valence-corrected chi connectivity index (χ2v) is 5.15. The maximum atomic E-state index is 11.8. The molecule has 1 fully saturated rings. The standard InChI is InChI=1S/C13H16N2O5/c1-13(17)6-7-14(9-13)12(16)20-8-10-2-4-11(5-3-10)15(18)19/h2-5,17H,6-9H2,1H3/t13-/m1/s1. The minimum Gasteiger partial charge on any atom is -0.445 e. The van der Waals surface area contributed by atoms with E-state index in [9.17, 15) is 20.0 Å². The van der Waals surface area contributed by atoms with Crippen LogP contribution in [0, 0.1) is 10.1 Å². The number of nitro groups is 1. The molecule has 0 bridgehead atoms. The molecule has 0 aliphatic carbocycles. The topological polar surface area (TPSA) is 92.9 Å². The van der Waals surface area contributed by atoms with E-state index in [-0.39, 0.29) is 18.8 Å². The highest BCUT2D eigenvalue weighted by molar-refractivity contribution is 5.68. The Morgan fingerprint density at radius 1 is 1.50 bits per heavy atom. The van der Waals surface area contributed by atoms with Crippen LogP contribution in [0.2, 0.25) is 0 Å². The Bertz CT molecular complexity index is 512. The normalized spacial score (nSPS) is 21.8. The molecule has 0 unspecified atom stereocenters. The van der Waals surface area contributed by atoms with Gasteiger partial charge < -0.3 is 14.7 Å². The third-order valence-corrected chi connectivity index (χ3v) is 3.22. The van der Waals surface area contributed by atoms with Gasteiger partial charge in [0.2, 0.25) is 0 Å². The molecule has 1 aliphatic rings. The Labute approximate surface area is 115 Å². The number of nitro benzene ring substituents is 1. The van der Waals surface area contributed by atoms with E-state index in [0.29, 0.717) is 18.5 Å². The van der Waals surface area contributed by atoms with E-state index in [1.807, 2.05) is 0 Å². The fourth-order valence-corrected chi connectivity index (χ4v) is 2.05. The summed E-state index contributed by atoms with van der Waals surface area (Å²) >= 11 is 0. The van der Waals surface area contributed by atoms with E-state index in [4.69, 9.17) is 4.74 Å². The van der Waals surface area contributed by atoms with Crippen LogP contribution in [0.3, 0.4) is 0 Å². The summed E-state index contributed by atoms with van der Waals surface area (Å²) < 4.78 is 5.11. The van der Waals surface area contributed by atoms with Gasteiger partial charge in [-0.25, -0.2) is 4.79 Å². The van der Waals surface area contributed by atoms with Crippen molar-refractivity contribution in [3.8, 4) is 0 Å². The van der Waals surface area contributed by atoms with E-state index in [2.05, 4.69) is 0 Å². The van der Waals surface area contributed by atoms with Crippen LogP contribution in [0.15, 0.2) is 24.3 Å². The Morgan fingerprint density at radius 2 is 2.15 bits per heavy atom. The van der Waals surface area contributed by atoms with Crippen molar-refractivity contribution in [2.45, 2.75) is 25.6 Å². The molecule has 1 amide bonds. The number of hydrogen-bond donors (Lipinski definition) is 1. The predicted octanol–water partition coefficient (Wildman–Crippen LogP) is 1.69. The Kier molecular flexibility index (Phi) is 3.89. The molecule has 0 aromatic heterocycles. The molecule has 108 valence electrons. The van der Waals surface area contributed by atoms with Crippen molar-refractivity contribution in [1.82, 2.24) is 4.90 Å². The average Bonchev–Trinajstić information content (AvgIpc) is 2.77.